The summed E-state index contributed by atoms with van der Waals surface area (Å²) in [7, 11) is 0. The molecular formula is C120H74O27. The molecule has 147 heavy (non-hydrogen) atoms. The van der Waals surface area contributed by atoms with E-state index in [1.807, 2.05) is 164 Å². The molecule has 0 saturated heterocycles. The maximum Gasteiger partial charge on any atom is 0.204 e. The Labute approximate surface area is 824 Å². The molecule has 0 bridgehead atoms. The fourth-order valence-corrected chi connectivity index (χ4v) is 21.2. The van der Waals surface area contributed by atoms with Crippen molar-refractivity contribution in [3.05, 3.63) is 303 Å². The first-order valence-electron chi connectivity index (χ1n) is 45.6. The Kier molecular flexibility index (Phi) is 19.8. The number of benzene rings is 23. The second-order valence-corrected chi connectivity index (χ2v) is 35.8. The lowest BCUT2D eigenvalue weighted by Gasteiger charge is -2.23. The molecule has 23 aromatic carbocycles. The summed E-state index contributed by atoms with van der Waals surface area (Å²) in [5.41, 5.74) is 8.60. The number of para-hydroxylation sites is 3. The molecule has 3 heterocycles. The van der Waals surface area contributed by atoms with E-state index in [2.05, 4.69) is 6.07 Å². The highest BCUT2D eigenvalue weighted by molar-refractivity contribution is 6.35. The molecule has 0 atom stereocenters. The zero-order chi connectivity index (χ0) is 102. The minimum Gasteiger partial charge on any atom is -0.504 e. The van der Waals surface area contributed by atoms with Gasteiger partial charge in [0.25, 0.3) is 0 Å². The van der Waals surface area contributed by atoms with Gasteiger partial charge in [0, 0.05) is 130 Å². The van der Waals surface area contributed by atoms with Gasteiger partial charge in [-0.1, -0.05) is 231 Å². The quantitative estimate of drug-likeness (QED) is 0.0382. The molecule has 27 nitrogen and oxygen atoms in total. The van der Waals surface area contributed by atoms with Crippen molar-refractivity contribution < 1.29 is 136 Å². The highest BCUT2D eigenvalue weighted by atomic mass is 16.4. The van der Waals surface area contributed by atoms with E-state index in [9.17, 15) is 123 Å². The van der Waals surface area contributed by atoms with E-state index in [0.29, 0.717) is 93.8 Å². The van der Waals surface area contributed by atoms with Crippen LogP contribution in [0, 0.1) is 0 Å². The van der Waals surface area contributed by atoms with Gasteiger partial charge in [0.2, 0.25) is 69.0 Å². The van der Waals surface area contributed by atoms with Crippen molar-refractivity contribution in [3.8, 4) is 227 Å². The summed E-state index contributed by atoms with van der Waals surface area (Å²) in [6.07, 6.45) is 0. The average molecular weight is 1950 g/mol. The third-order valence-electron chi connectivity index (χ3n) is 27.9. The summed E-state index contributed by atoms with van der Waals surface area (Å²) < 4.78 is 18.0. The molecule has 0 unspecified atom stereocenters. The third kappa shape index (κ3) is 13.0. The van der Waals surface area contributed by atoms with Crippen LogP contribution in [0.2, 0.25) is 0 Å². The molecule has 24 N–H and O–H groups in total. The monoisotopic (exact) mass is 1950 g/mol. The molecule has 716 valence electrons. The highest BCUT2D eigenvalue weighted by Gasteiger charge is 2.39. The van der Waals surface area contributed by atoms with Gasteiger partial charge in [0.05, 0.1) is 0 Å². The second-order valence-electron chi connectivity index (χ2n) is 35.8. The number of phenols is 24. The second kappa shape index (κ2) is 32.8. The Morgan fingerprint density at radius 2 is 0.354 bits per heavy atom. The normalized spacial score (nSPS) is 11.8. The van der Waals surface area contributed by atoms with Crippen LogP contribution < -0.4 is 0 Å². The van der Waals surface area contributed by atoms with Gasteiger partial charge < -0.3 is 136 Å². The van der Waals surface area contributed by atoms with Crippen molar-refractivity contribution >= 4 is 163 Å². The smallest absolute Gasteiger partial charge is 0.204 e. The van der Waals surface area contributed by atoms with Crippen LogP contribution in [-0.2, 0) is 0 Å². The minimum absolute atomic E-state index is 0.000360. The van der Waals surface area contributed by atoms with Crippen LogP contribution in [0.25, 0.3) is 252 Å². The summed E-state index contributed by atoms with van der Waals surface area (Å²) in [4.78, 5) is 0. The molecular weight excluding hydrogens is 1870 g/mol. The standard InChI is InChI=1S/C46H28O9.C42H26O9.C32H20O9/c47-39-35-33(24-15-18-32-30(20-24)28-11-5-6-12-31(28)55-32)36-38(42(50)46(54)44(52)40(36)48)34(37(35)41(49)45(53)43(39)51)29-17-16-25(26-9-3-4-10-27(26)29)23-14-13-21-7-1-2-8-22(21)19-23;43-35-31-29(21-14-15-28-25(17-21)24-12-6-7-13-27(24)51-28)32-34(38(46)42(50)40(48)36(32)44)30(33(31)37(45)41(49)39(35)47)26-18-22(19-8-2-1-3-9-19)16-20-10-4-5-11-23(20)26;33-25-21-19(13-6-2-1-3-7-13)22-24(28(36)32(40)30(38)26(22)34)20(23(21)27(35)31(39)29(25)37)14-10-11-18-16(12-14)15-8-4-5-9-17(15)41-18/h1-20,47-54H;1-18,43-50H;1-12,33-40H. The highest BCUT2D eigenvalue weighted by Crippen LogP contribution is 2.68. The van der Waals surface area contributed by atoms with Crippen molar-refractivity contribution in [1.29, 1.82) is 0 Å². The molecule has 26 rings (SSSR count). The van der Waals surface area contributed by atoms with Gasteiger partial charge in [-0.15, -0.1) is 0 Å². The fourth-order valence-electron chi connectivity index (χ4n) is 21.2. The number of furan rings is 3. The van der Waals surface area contributed by atoms with Gasteiger partial charge in [0.1, 0.15) is 33.5 Å². The Morgan fingerprint density at radius 3 is 0.701 bits per heavy atom. The van der Waals surface area contributed by atoms with Gasteiger partial charge in [-0.25, -0.2) is 0 Å². The van der Waals surface area contributed by atoms with E-state index < -0.39 is 138 Å². The van der Waals surface area contributed by atoms with Crippen LogP contribution in [-0.4, -0.2) is 123 Å². The zero-order valence-corrected chi connectivity index (χ0v) is 75.8. The van der Waals surface area contributed by atoms with E-state index in [0.717, 1.165) is 60.0 Å². The van der Waals surface area contributed by atoms with Crippen LogP contribution >= 0.6 is 0 Å². The number of phenolic OH excluding ortho intramolecular Hbond substituents is 24. The van der Waals surface area contributed by atoms with Crippen LogP contribution in [0.1, 0.15) is 0 Å². The van der Waals surface area contributed by atoms with Crippen molar-refractivity contribution in [2.75, 3.05) is 0 Å². The van der Waals surface area contributed by atoms with Gasteiger partial charge in [0.15, 0.2) is 69.0 Å². The van der Waals surface area contributed by atoms with Crippen LogP contribution in [0.3, 0.4) is 0 Å². The van der Waals surface area contributed by atoms with Gasteiger partial charge in [-0.05, 0) is 161 Å². The molecule has 27 heteroatoms. The lowest BCUT2D eigenvalue weighted by molar-refractivity contribution is 0.350. The van der Waals surface area contributed by atoms with E-state index in [-0.39, 0.29) is 98.0 Å². The average Bonchev–Trinajstić information content (AvgIpc) is 1.48. The number of hydrogen-bond donors (Lipinski definition) is 24. The molecule has 0 amide bonds. The Hall–Kier alpha value is -21.0. The van der Waals surface area contributed by atoms with E-state index >= 15 is 0 Å². The molecule has 0 spiro atoms. The molecule has 0 radical (unpaired) electrons. The van der Waals surface area contributed by atoms with E-state index in [1.165, 1.54) is 0 Å². The topological polar surface area (TPSA) is 525 Å². The number of fused-ring (bicyclic) bond motifs is 18. The zero-order valence-electron chi connectivity index (χ0n) is 75.8. The lowest BCUT2D eigenvalue weighted by atomic mass is 9.81. The first kappa shape index (κ1) is 88.7. The van der Waals surface area contributed by atoms with Crippen molar-refractivity contribution in [2.45, 2.75) is 0 Å². The SMILES string of the molecule is Oc1c(O)c(O)c2c(-c3cc(-c4ccccc4)cc4ccccc34)c3c(O)c(O)c(O)c(O)c3c(-c3ccc4oc5ccccc5c4c3)c2c1O.Oc1c(O)c(O)c2c(-c3ccc(-c4ccc5ccccc5c4)c4ccccc34)c3c(O)c(O)c(O)c(O)c3c(-c3ccc4oc5ccccc5c4c3)c2c1O.Oc1c(O)c(O)c2c(-c3ccc4oc5ccccc5c4c3)c3c(O)c(O)c(O)c(O)c3c(-c3ccccc3)c2c1O. The number of hydrogen-bond acceptors (Lipinski definition) is 27. The Balaban J connectivity index is 0.000000119. The van der Waals surface area contributed by atoms with Crippen LogP contribution in [0.5, 0.6) is 138 Å². The Morgan fingerprint density at radius 1 is 0.116 bits per heavy atom. The van der Waals surface area contributed by atoms with Crippen molar-refractivity contribution in [1.82, 2.24) is 0 Å². The number of rotatable bonds is 8. The molecule has 0 saturated carbocycles. The fraction of sp³-hybridized carbons (Fsp3) is 0. The number of aromatic hydroxyl groups is 24. The molecule has 0 aliphatic rings. The summed E-state index contributed by atoms with van der Waals surface area (Å²) in [6, 6.07) is 90.8. The largest absolute Gasteiger partial charge is 0.504 e. The predicted molar refractivity (Wildman–Crippen MR) is 562 cm³/mol. The van der Waals surface area contributed by atoms with Gasteiger partial charge in [-0.2, -0.15) is 0 Å². The van der Waals surface area contributed by atoms with Crippen molar-refractivity contribution in [3.63, 3.8) is 0 Å². The van der Waals surface area contributed by atoms with Crippen LogP contribution in [0.4, 0.5) is 0 Å². The lowest BCUT2D eigenvalue weighted by Crippen LogP contribution is -1.95. The van der Waals surface area contributed by atoms with Gasteiger partial charge >= 0.3 is 0 Å². The molecule has 3 aromatic heterocycles. The molecule has 0 aliphatic heterocycles. The van der Waals surface area contributed by atoms with Crippen molar-refractivity contribution in [2.24, 2.45) is 0 Å². The minimum atomic E-state index is -1.03. The Bertz CT molecular complexity index is 10100. The summed E-state index contributed by atoms with van der Waals surface area (Å²) in [6.45, 7) is 0. The third-order valence-corrected chi connectivity index (χ3v) is 27.9. The predicted octanol–water partition coefficient (Wildman–Crippen LogP) is 27.4. The van der Waals surface area contributed by atoms with E-state index in [4.69, 9.17) is 13.3 Å². The summed E-state index contributed by atoms with van der Waals surface area (Å²) in [5.74, 6) is -22.3. The van der Waals surface area contributed by atoms with E-state index in [1.54, 1.807) is 133 Å². The van der Waals surface area contributed by atoms with Crippen LogP contribution in [0.15, 0.2) is 317 Å². The maximum absolute atomic E-state index is 11.8. The summed E-state index contributed by atoms with van der Waals surface area (Å²) >= 11 is 0. The first-order chi connectivity index (χ1) is 71.0. The summed E-state index contributed by atoms with van der Waals surface area (Å²) in [5, 5.41) is 276. The molecule has 0 fully saturated rings. The van der Waals surface area contributed by atoms with Gasteiger partial charge in [-0.3, -0.25) is 0 Å². The molecule has 26 aromatic rings. The maximum atomic E-state index is 11.8. The molecule has 0 aliphatic carbocycles. The first-order valence-corrected chi connectivity index (χ1v) is 45.6.